The minimum Gasteiger partial charge on any atom is -0.480 e. The van der Waals surface area contributed by atoms with E-state index in [0.29, 0.717) is 12.8 Å². The molecule has 132 valence electrons. The molecule has 0 aliphatic heterocycles. The number of hydrogen-bond acceptors (Lipinski definition) is 2. The first kappa shape index (κ1) is 17.9. The SMILES string of the molecule is N[C@@H](CCC(c1ccccc1)(c1ccccc1)c1ccccc1)C(=O)O. The zero-order valence-corrected chi connectivity index (χ0v) is 14.6. The van der Waals surface area contributed by atoms with E-state index in [-0.39, 0.29) is 0 Å². The Morgan fingerprint density at radius 2 is 1.12 bits per heavy atom. The summed E-state index contributed by atoms with van der Waals surface area (Å²) in [6.45, 7) is 0. The smallest absolute Gasteiger partial charge is 0.320 e. The highest BCUT2D eigenvalue weighted by Gasteiger charge is 2.36. The highest BCUT2D eigenvalue weighted by atomic mass is 16.4. The minimum absolute atomic E-state index is 0.383. The lowest BCUT2D eigenvalue weighted by Gasteiger charge is -2.36. The fourth-order valence-electron chi connectivity index (χ4n) is 3.60. The van der Waals surface area contributed by atoms with Gasteiger partial charge in [-0.2, -0.15) is 0 Å². The van der Waals surface area contributed by atoms with Crippen LogP contribution in [-0.4, -0.2) is 17.1 Å². The summed E-state index contributed by atoms with van der Waals surface area (Å²) in [5, 5.41) is 9.27. The van der Waals surface area contributed by atoms with Crippen LogP contribution in [0.2, 0.25) is 0 Å². The van der Waals surface area contributed by atoms with Gasteiger partial charge in [0.05, 0.1) is 0 Å². The van der Waals surface area contributed by atoms with Gasteiger partial charge in [0, 0.05) is 5.41 Å². The number of carbonyl (C=O) groups is 1. The predicted molar refractivity (Wildman–Crippen MR) is 104 cm³/mol. The number of hydrogen-bond donors (Lipinski definition) is 2. The number of carboxylic acids is 1. The monoisotopic (exact) mass is 345 g/mol. The number of nitrogens with two attached hydrogens (primary N) is 1. The topological polar surface area (TPSA) is 63.3 Å². The largest absolute Gasteiger partial charge is 0.480 e. The molecular weight excluding hydrogens is 322 g/mol. The summed E-state index contributed by atoms with van der Waals surface area (Å²) in [6, 6.07) is 29.8. The van der Waals surface area contributed by atoms with Gasteiger partial charge >= 0.3 is 5.97 Å². The van der Waals surface area contributed by atoms with Crippen molar-refractivity contribution in [1.29, 1.82) is 0 Å². The molecule has 3 aromatic rings. The standard InChI is InChI=1S/C23H23NO2/c24-21(22(25)26)16-17-23(18-10-4-1-5-11-18,19-12-6-2-7-13-19)20-14-8-3-9-15-20/h1-15,21H,16-17,24H2,(H,25,26)/t21-/m0/s1. The zero-order valence-electron chi connectivity index (χ0n) is 14.6. The number of benzene rings is 3. The van der Waals surface area contributed by atoms with Crippen molar-refractivity contribution in [2.24, 2.45) is 5.73 Å². The maximum atomic E-state index is 11.3. The van der Waals surface area contributed by atoms with Crippen LogP contribution in [0.15, 0.2) is 91.0 Å². The fraction of sp³-hybridized carbons (Fsp3) is 0.174. The molecule has 0 aliphatic rings. The van der Waals surface area contributed by atoms with Gasteiger partial charge in [-0.1, -0.05) is 91.0 Å². The second-order valence-electron chi connectivity index (χ2n) is 6.49. The van der Waals surface area contributed by atoms with Crippen molar-refractivity contribution in [3.05, 3.63) is 108 Å². The third kappa shape index (κ3) is 3.53. The molecule has 0 radical (unpaired) electrons. The second-order valence-corrected chi connectivity index (χ2v) is 6.49. The Labute approximate surface area is 154 Å². The summed E-state index contributed by atoms with van der Waals surface area (Å²) in [5.41, 5.74) is 8.81. The Morgan fingerprint density at radius 1 is 0.769 bits per heavy atom. The molecule has 3 nitrogen and oxygen atoms in total. The third-order valence-corrected chi connectivity index (χ3v) is 4.95. The van der Waals surface area contributed by atoms with Gasteiger partial charge in [-0.25, -0.2) is 0 Å². The first-order valence-corrected chi connectivity index (χ1v) is 8.79. The van der Waals surface area contributed by atoms with Crippen LogP contribution >= 0.6 is 0 Å². The molecule has 3 heteroatoms. The van der Waals surface area contributed by atoms with Crippen molar-refractivity contribution in [2.45, 2.75) is 24.3 Å². The van der Waals surface area contributed by atoms with Crippen molar-refractivity contribution in [2.75, 3.05) is 0 Å². The molecule has 3 aromatic carbocycles. The van der Waals surface area contributed by atoms with E-state index in [4.69, 9.17) is 5.73 Å². The molecule has 0 spiro atoms. The molecule has 0 aromatic heterocycles. The van der Waals surface area contributed by atoms with E-state index in [9.17, 15) is 9.90 Å². The van der Waals surface area contributed by atoms with Gasteiger partial charge in [-0.05, 0) is 29.5 Å². The van der Waals surface area contributed by atoms with E-state index in [1.54, 1.807) is 0 Å². The third-order valence-electron chi connectivity index (χ3n) is 4.95. The lowest BCUT2D eigenvalue weighted by molar-refractivity contribution is -0.138. The molecule has 0 saturated heterocycles. The lowest BCUT2D eigenvalue weighted by Crippen LogP contribution is -2.35. The summed E-state index contributed by atoms with van der Waals surface area (Å²) in [7, 11) is 0. The maximum absolute atomic E-state index is 11.3. The number of aliphatic carboxylic acids is 1. The molecule has 3 rings (SSSR count). The van der Waals surface area contributed by atoms with Gasteiger partial charge in [0.15, 0.2) is 0 Å². The molecule has 26 heavy (non-hydrogen) atoms. The maximum Gasteiger partial charge on any atom is 0.320 e. The van der Waals surface area contributed by atoms with Crippen LogP contribution in [0, 0.1) is 0 Å². The average Bonchev–Trinajstić information content (AvgIpc) is 2.70. The van der Waals surface area contributed by atoms with Gasteiger partial charge in [0.1, 0.15) is 6.04 Å². The zero-order chi connectivity index (χ0) is 18.4. The molecular formula is C23H23NO2. The van der Waals surface area contributed by atoms with Crippen molar-refractivity contribution >= 4 is 5.97 Å². The van der Waals surface area contributed by atoms with Crippen LogP contribution in [0.3, 0.4) is 0 Å². The van der Waals surface area contributed by atoms with E-state index in [1.807, 2.05) is 54.6 Å². The molecule has 0 aliphatic carbocycles. The Balaban J connectivity index is 2.19. The lowest BCUT2D eigenvalue weighted by atomic mass is 9.66. The molecule has 0 amide bonds. The predicted octanol–water partition coefficient (Wildman–Crippen LogP) is 4.21. The average molecular weight is 345 g/mol. The minimum atomic E-state index is -0.965. The summed E-state index contributed by atoms with van der Waals surface area (Å²) >= 11 is 0. The summed E-state index contributed by atoms with van der Waals surface area (Å²) in [5.74, 6) is -0.965. The quantitative estimate of drug-likeness (QED) is 0.630. The molecule has 0 saturated carbocycles. The second kappa shape index (κ2) is 7.98. The van der Waals surface area contributed by atoms with Crippen molar-refractivity contribution in [3.8, 4) is 0 Å². The normalized spacial score (nSPS) is 12.5. The molecule has 0 unspecified atom stereocenters. The van der Waals surface area contributed by atoms with Crippen molar-refractivity contribution in [3.63, 3.8) is 0 Å². The Hall–Kier alpha value is -2.91. The van der Waals surface area contributed by atoms with Crippen molar-refractivity contribution in [1.82, 2.24) is 0 Å². The number of carboxylic acid groups (broad SMARTS) is 1. The van der Waals surface area contributed by atoms with Crippen LogP contribution in [0.5, 0.6) is 0 Å². The highest BCUT2D eigenvalue weighted by molar-refractivity contribution is 5.73. The van der Waals surface area contributed by atoms with E-state index in [0.717, 1.165) is 16.7 Å². The van der Waals surface area contributed by atoms with Crippen LogP contribution in [0.4, 0.5) is 0 Å². The van der Waals surface area contributed by atoms with Gasteiger partial charge in [0.25, 0.3) is 0 Å². The molecule has 3 N–H and O–H groups in total. The summed E-state index contributed by atoms with van der Waals surface area (Å²) < 4.78 is 0. The van der Waals surface area contributed by atoms with E-state index in [2.05, 4.69) is 36.4 Å². The van der Waals surface area contributed by atoms with Gasteiger partial charge in [-0.3, -0.25) is 4.79 Å². The molecule has 1 atom stereocenters. The van der Waals surface area contributed by atoms with Crippen molar-refractivity contribution < 1.29 is 9.90 Å². The van der Waals surface area contributed by atoms with Gasteiger partial charge < -0.3 is 10.8 Å². The van der Waals surface area contributed by atoms with Gasteiger partial charge in [0.2, 0.25) is 0 Å². The Morgan fingerprint density at radius 3 is 1.42 bits per heavy atom. The highest BCUT2D eigenvalue weighted by Crippen LogP contribution is 2.43. The Bertz CT molecular complexity index is 735. The van der Waals surface area contributed by atoms with Crippen LogP contribution in [0.1, 0.15) is 29.5 Å². The summed E-state index contributed by atoms with van der Waals surface area (Å²) in [4.78, 5) is 11.3. The van der Waals surface area contributed by atoms with Crippen LogP contribution in [0.25, 0.3) is 0 Å². The fourth-order valence-corrected chi connectivity index (χ4v) is 3.60. The molecule has 0 bridgehead atoms. The molecule has 0 heterocycles. The number of rotatable bonds is 7. The van der Waals surface area contributed by atoms with E-state index >= 15 is 0 Å². The van der Waals surface area contributed by atoms with E-state index < -0.39 is 17.4 Å². The van der Waals surface area contributed by atoms with Crippen LogP contribution in [-0.2, 0) is 10.2 Å². The van der Waals surface area contributed by atoms with Gasteiger partial charge in [-0.15, -0.1) is 0 Å². The van der Waals surface area contributed by atoms with Crippen LogP contribution < -0.4 is 5.73 Å². The van der Waals surface area contributed by atoms with E-state index in [1.165, 1.54) is 0 Å². The summed E-state index contributed by atoms with van der Waals surface area (Å²) in [6.07, 6.45) is 0.993. The molecule has 0 fully saturated rings. The Kier molecular flexibility index (Phi) is 5.49. The first-order chi connectivity index (χ1) is 12.6. The first-order valence-electron chi connectivity index (χ1n) is 8.79.